The maximum atomic E-state index is 6.09. The lowest BCUT2D eigenvalue weighted by Crippen LogP contribution is -2.04. The van der Waals surface area contributed by atoms with Crippen LogP contribution in [0.3, 0.4) is 0 Å². The van der Waals surface area contributed by atoms with Gasteiger partial charge in [-0.05, 0) is 48.4 Å². The Morgan fingerprint density at radius 3 is 2.42 bits per heavy atom. The Bertz CT molecular complexity index is 802. The summed E-state index contributed by atoms with van der Waals surface area (Å²) < 4.78 is 7.14. The van der Waals surface area contributed by atoms with E-state index in [1.165, 1.54) is 11.1 Å². The summed E-state index contributed by atoms with van der Waals surface area (Å²) in [4.78, 5) is 0. The molecular formula is C21H20BrNO. The van der Waals surface area contributed by atoms with E-state index >= 15 is 0 Å². The molecule has 0 aliphatic heterocycles. The first-order chi connectivity index (χ1) is 11.7. The van der Waals surface area contributed by atoms with Gasteiger partial charge in [0.05, 0.1) is 0 Å². The summed E-state index contributed by atoms with van der Waals surface area (Å²) in [5.41, 5.74) is 4.69. The van der Waals surface area contributed by atoms with Crippen LogP contribution in [0.25, 0.3) is 0 Å². The largest absolute Gasteiger partial charge is 0.489 e. The predicted octanol–water partition coefficient (Wildman–Crippen LogP) is 5.95. The smallest absolute Gasteiger partial charge is 0.124 e. The van der Waals surface area contributed by atoms with Crippen LogP contribution in [0.1, 0.15) is 16.7 Å². The van der Waals surface area contributed by atoms with Crippen LogP contribution >= 0.6 is 15.9 Å². The maximum absolute atomic E-state index is 6.09. The fraction of sp³-hybridized carbons (Fsp3) is 0.143. The molecule has 122 valence electrons. The van der Waals surface area contributed by atoms with Gasteiger partial charge in [-0.2, -0.15) is 0 Å². The monoisotopic (exact) mass is 381 g/mol. The molecule has 0 heterocycles. The lowest BCUT2D eigenvalue weighted by Gasteiger charge is -2.14. The molecule has 0 aliphatic rings. The molecule has 0 fully saturated rings. The van der Waals surface area contributed by atoms with Crippen LogP contribution in [0.4, 0.5) is 5.69 Å². The highest BCUT2D eigenvalue weighted by atomic mass is 79.9. The molecule has 24 heavy (non-hydrogen) atoms. The Labute approximate surface area is 151 Å². The highest BCUT2D eigenvalue weighted by Crippen LogP contribution is 2.25. The minimum absolute atomic E-state index is 0.576. The third-order valence-electron chi connectivity index (χ3n) is 3.92. The number of rotatable bonds is 6. The standard InChI is InChI=1S/C21H20BrNO/c1-16-7-5-6-8-17(16)15-24-21-12-11-19(22)13-18(21)14-23-20-9-3-2-4-10-20/h2-13,23H,14-15H2,1H3. The number of benzene rings is 3. The number of hydrogen-bond acceptors (Lipinski definition) is 2. The van der Waals surface area contributed by atoms with Gasteiger partial charge >= 0.3 is 0 Å². The third-order valence-corrected chi connectivity index (χ3v) is 4.42. The van der Waals surface area contributed by atoms with Crippen molar-refractivity contribution in [3.8, 4) is 5.75 Å². The van der Waals surface area contributed by atoms with E-state index in [0.29, 0.717) is 13.2 Å². The highest BCUT2D eigenvalue weighted by Gasteiger charge is 2.06. The van der Waals surface area contributed by atoms with E-state index in [1.807, 2.05) is 42.5 Å². The minimum atomic E-state index is 0.576. The Morgan fingerprint density at radius 1 is 0.875 bits per heavy atom. The van der Waals surface area contributed by atoms with Crippen LogP contribution in [0, 0.1) is 6.92 Å². The molecule has 0 amide bonds. The second-order valence-electron chi connectivity index (χ2n) is 5.69. The zero-order valence-corrected chi connectivity index (χ0v) is 15.2. The van der Waals surface area contributed by atoms with Crippen LogP contribution in [0.15, 0.2) is 77.3 Å². The van der Waals surface area contributed by atoms with E-state index in [0.717, 1.165) is 21.5 Å². The number of ether oxygens (including phenoxy) is 1. The van der Waals surface area contributed by atoms with Crippen molar-refractivity contribution in [2.24, 2.45) is 0 Å². The number of hydrogen-bond donors (Lipinski definition) is 1. The van der Waals surface area contributed by atoms with Crippen molar-refractivity contribution in [3.63, 3.8) is 0 Å². The van der Waals surface area contributed by atoms with Crippen molar-refractivity contribution in [2.45, 2.75) is 20.1 Å². The van der Waals surface area contributed by atoms with Gasteiger partial charge in [-0.3, -0.25) is 0 Å². The van der Waals surface area contributed by atoms with Crippen LogP contribution in [-0.2, 0) is 13.2 Å². The summed E-state index contributed by atoms with van der Waals surface area (Å²) >= 11 is 3.55. The number of aryl methyl sites for hydroxylation is 1. The first-order valence-corrected chi connectivity index (χ1v) is 8.76. The second-order valence-corrected chi connectivity index (χ2v) is 6.60. The molecular weight excluding hydrogens is 362 g/mol. The Hall–Kier alpha value is -2.26. The zero-order valence-electron chi connectivity index (χ0n) is 13.6. The van der Waals surface area contributed by atoms with Gasteiger partial charge in [-0.15, -0.1) is 0 Å². The number of halogens is 1. The minimum Gasteiger partial charge on any atom is -0.489 e. The van der Waals surface area contributed by atoms with Crippen LogP contribution < -0.4 is 10.1 Å². The van der Waals surface area contributed by atoms with Crippen molar-refractivity contribution < 1.29 is 4.74 Å². The molecule has 0 unspecified atom stereocenters. The molecule has 0 bridgehead atoms. The normalized spacial score (nSPS) is 10.4. The molecule has 0 saturated carbocycles. The Morgan fingerprint density at radius 2 is 1.62 bits per heavy atom. The Balaban J connectivity index is 1.72. The molecule has 1 N–H and O–H groups in total. The average Bonchev–Trinajstić information content (AvgIpc) is 2.61. The molecule has 0 atom stereocenters. The lowest BCUT2D eigenvalue weighted by molar-refractivity contribution is 0.302. The van der Waals surface area contributed by atoms with Crippen molar-refractivity contribution in [1.29, 1.82) is 0 Å². The zero-order chi connectivity index (χ0) is 16.8. The molecule has 0 saturated heterocycles. The predicted molar refractivity (Wildman–Crippen MR) is 103 cm³/mol. The van der Waals surface area contributed by atoms with Gasteiger partial charge in [0, 0.05) is 22.3 Å². The summed E-state index contributed by atoms with van der Waals surface area (Å²) in [6, 6.07) is 24.6. The summed E-state index contributed by atoms with van der Waals surface area (Å²) in [6.45, 7) is 3.40. The van der Waals surface area contributed by atoms with E-state index in [4.69, 9.17) is 4.74 Å². The van der Waals surface area contributed by atoms with Crippen LogP contribution in [0.2, 0.25) is 0 Å². The van der Waals surface area contributed by atoms with E-state index in [2.05, 4.69) is 58.5 Å². The van der Waals surface area contributed by atoms with Crippen molar-refractivity contribution >= 4 is 21.6 Å². The van der Waals surface area contributed by atoms with Gasteiger partial charge in [-0.1, -0.05) is 58.4 Å². The summed E-state index contributed by atoms with van der Waals surface area (Å²) in [6.07, 6.45) is 0. The van der Waals surface area contributed by atoms with Crippen LogP contribution in [0.5, 0.6) is 5.75 Å². The van der Waals surface area contributed by atoms with E-state index in [9.17, 15) is 0 Å². The second kappa shape index (κ2) is 8.02. The summed E-state index contributed by atoms with van der Waals surface area (Å²) in [5, 5.41) is 3.44. The lowest BCUT2D eigenvalue weighted by atomic mass is 10.1. The topological polar surface area (TPSA) is 21.3 Å². The molecule has 0 aliphatic carbocycles. The Kier molecular flexibility index (Phi) is 5.55. The quantitative estimate of drug-likeness (QED) is 0.569. The summed E-state index contributed by atoms with van der Waals surface area (Å²) in [5.74, 6) is 0.907. The van der Waals surface area contributed by atoms with Crippen LogP contribution in [-0.4, -0.2) is 0 Å². The van der Waals surface area contributed by atoms with Crippen molar-refractivity contribution in [3.05, 3.63) is 94.0 Å². The van der Waals surface area contributed by atoms with E-state index in [1.54, 1.807) is 0 Å². The van der Waals surface area contributed by atoms with Crippen molar-refractivity contribution in [1.82, 2.24) is 0 Å². The van der Waals surface area contributed by atoms with Gasteiger partial charge in [-0.25, -0.2) is 0 Å². The number of para-hydroxylation sites is 1. The fourth-order valence-electron chi connectivity index (χ4n) is 2.51. The number of nitrogens with one attached hydrogen (secondary N) is 1. The third kappa shape index (κ3) is 4.39. The van der Waals surface area contributed by atoms with Gasteiger partial charge in [0.25, 0.3) is 0 Å². The first-order valence-electron chi connectivity index (χ1n) is 7.97. The molecule has 0 spiro atoms. The fourth-order valence-corrected chi connectivity index (χ4v) is 2.92. The molecule has 3 rings (SSSR count). The molecule has 3 heteroatoms. The molecule has 3 aromatic carbocycles. The van der Waals surface area contributed by atoms with Gasteiger partial charge in [0.15, 0.2) is 0 Å². The van der Waals surface area contributed by atoms with E-state index in [-0.39, 0.29) is 0 Å². The van der Waals surface area contributed by atoms with Gasteiger partial charge in [0.1, 0.15) is 12.4 Å². The summed E-state index contributed by atoms with van der Waals surface area (Å²) in [7, 11) is 0. The highest BCUT2D eigenvalue weighted by molar-refractivity contribution is 9.10. The molecule has 2 nitrogen and oxygen atoms in total. The maximum Gasteiger partial charge on any atom is 0.124 e. The molecule has 3 aromatic rings. The van der Waals surface area contributed by atoms with E-state index < -0.39 is 0 Å². The number of anilines is 1. The molecule has 0 radical (unpaired) electrons. The van der Waals surface area contributed by atoms with Gasteiger partial charge < -0.3 is 10.1 Å². The van der Waals surface area contributed by atoms with Gasteiger partial charge in [0.2, 0.25) is 0 Å². The van der Waals surface area contributed by atoms with Crippen molar-refractivity contribution in [2.75, 3.05) is 5.32 Å². The first kappa shape index (κ1) is 16.6. The molecule has 0 aromatic heterocycles. The SMILES string of the molecule is Cc1ccccc1COc1ccc(Br)cc1CNc1ccccc1. The average molecular weight is 382 g/mol.